The van der Waals surface area contributed by atoms with Gasteiger partial charge < -0.3 is 4.90 Å². The van der Waals surface area contributed by atoms with Crippen LogP contribution in [0.5, 0.6) is 0 Å². The number of nitrogens with zero attached hydrogens (tertiary/aromatic N) is 6. The highest BCUT2D eigenvalue weighted by Gasteiger charge is 2.29. The van der Waals surface area contributed by atoms with E-state index in [0.29, 0.717) is 5.92 Å². The van der Waals surface area contributed by atoms with Gasteiger partial charge in [0.1, 0.15) is 0 Å². The monoisotopic (exact) mass is 272 g/mol. The summed E-state index contributed by atoms with van der Waals surface area (Å²) in [6.07, 6.45) is 5.85. The van der Waals surface area contributed by atoms with E-state index in [1.165, 1.54) is 5.56 Å². The van der Waals surface area contributed by atoms with Gasteiger partial charge in [-0.15, -0.1) is 0 Å². The zero-order valence-corrected chi connectivity index (χ0v) is 12.2. The second-order valence-corrected chi connectivity index (χ2v) is 5.59. The van der Waals surface area contributed by atoms with Gasteiger partial charge in [-0.3, -0.25) is 9.58 Å². The Morgan fingerprint density at radius 3 is 2.80 bits per heavy atom. The molecule has 0 bridgehead atoms. The van der Waals surface area contributed by atoms with E-state index in [2.05, 4.69) is 26.2 Å². The molecule has 0 saturated carbocycles. The molecule has 0 aliphatic carbocycles. The lowest BCUT2D eigenvalue weighted by atomic mass is 9.96. The second kappa shape index (κ2) is 5.20. The maximum absolute atomic E-state index is 4.61. The maximum Gasteiger partial charge on any atom is 0.224 e. The molecular weight excluding hydrogens is 252 g/mol. The molecule has 1 aliphatic heterocycles. The van der Waals surface area contributed by atoms with Gasteiger partial charge in [0, 0.05) is 64.7 Å². The minimum absolute atomic E-state index is 0.522. The number of hydrogen-bond donors (Lipinski definition) is 0. The standard InChI is InChI=1S/C14H20N6/c1-18(2)14-15-5-4-13(17-14)12-9-20(10-12)8-11-6-16-19(3)7-11/h4-7,12H,8-10H2,1-3H3. The molecule has 106 valence electrons. The molecule has 6 nitrogen and oxygen atoms in total. The Labute approximate surface area is 119 Å². The Hall–Kier alpha value is -1.95. The molecule has 0 amide bonds. The third-order valence-electron chi connectivity index (χ3n) is 3.60. The first kappa shape index (κ1) is 13.1. The van der Waals surface area contributed by atoms with Crippen LogP contribution in [0.2, 0.25) is 0 Å². The van der Waals surface area contributed by atoms with Gasteiger partial charge in [-0.05, 0) is 6.07 Å². The summed E-state index contributed by atoms with van der Waals surface area (Å²) in [7, 11) is 5.88. The molecule has 0 radical (unpaired) electrons. The largest absolute Gasteiger partial charge is 0.347 e. The molecule has 2 aromatic heterocycles. The van der Waals surface area contributed by atoms with Gasteiger partial charge in [0.25, 0.3) is 0 Å². The number of aryl methyl sites for hydroxylation is 1. The summed E-state index contributed by atoms with van der Waals surface area (Å²) in [6, 6.07) is 2.03. The lowest BCUT2D eigenvalue weighted by molar-refractivity contribution is 0.137. The van der Waals surface area contributed by atoms with Crippen molar-refractivity contribution in [2.75, 3.05) is 32.1 Å². The summed E-state index contributed by atoms with van der Waals surface area (Å²) in [5.41, 5.74) is 2.41. The molecule has 0 unspecified atom stereocenters. The first-order valence-corrected chi connectivity index (χ1v) is 6.82. The molecule has 0 spiro atoms. The van der Waals surface area contributed by atoms with E-state index in [4.69, 9.17) is 0 Å². The quantitative estimate of drug-likeness (QED) is 0.827. The highest BCUT2D eigenvalue weighted by Crippen LogP contribution is 2.27. The summed E-state index contributed by atoms with van der Waals surface area (Å²) in [6.45, 7) is 3.08. The van der Waals surface area contributed by atoms with Gasteiger partial charge in [-0.25, -0.2) is 9.97 Å². The molecule has 0 N–H and O–H groups in total. The first-order valence-electron chi connectivity index (χ1n) is 6.82. The van der Waals surface area contributed by atoms with Crippen LogP contribution < -0.4 is 4.90 Å². The lowest BCUT2D eigenvalue weighted by Crippen LogP contribution is -2.44. The average molecular weight is 272 g/mol. The van der Waals surface area contributed by atoms with Gasteiger partial charge in [-0.2, -0.15) is 5.10 Å². The molecule has 1 fully saturated rings. The maximum atomic E-state index is 4.61. The van der Waals surface area contributed by atoms with E-state index in [0.717, 1.165) is 31.3 Å². The van der Waals surface area contributed by atoms with E-state index in [1.807, 2.05) is 49.2 Å². The summed E-state index contributed by atoms with van der Waals surface area (Å²) in [4.78, 5) is 13.2. The molecule has 1 saturated heterocycles. The van der Waals surface area contributed by atoms with Gasteiger partial charge in [-0.1, -0.05) is 0 Å². The van der Waals surface area contributed by atoms with E-state index in [9.17, 15) is 0 Å². The van der Waals surface area contributed by atoms with Crippen molar-refractivity contribution in [2.24, 2.45) is 7.05 Å². The average Bonchev–Trinajstić information content (AvgIpc) is 2.79. The summed E-state index contributed by atoms with van der Waals surface area (Å²) in [5.74, 6) is 1.31. The zero-order valence-electron chi connectivity index (χ0n) is 12.2. The van der Waals surface area contributed by atoms with E-state index in [-0.39, 0.29) is 0 Å². The third-order valence-corrected chi connectivity index (χ3v) is 3.60. The Bertz CT molecular complexity index is 585. The zero-order chi connectivity index (χ0) is 14.1. The molecule has 3 heterocycles. The number of likely N-dealkylation sites (tertiary alicyclic amines) is 1. The van der Waals surface area contributed by atoms with E-state index < -0.39 is 0 Å². The number of aromatic nitrogens is 4. The predicted octanol–water partition coefficient (Wildman–Crippen LogP) is 0.875. The molecule has 1 aliphatic rings. The van der Waals surface area contributed by atoms with Crippen LogP contribution in [0.15, 0.2) is 24.7 Å². The first-order chi connectivity index (χ1) is 9.61. The van der Waals surface area contributed by atoms with Gasteiger partial charge in [0.15, 0.2) is 0 Å². The fourth-order valence-corrected chi connectivity index (χ4v) is 2.50. The summed E-state index contributed by atoms with van der Waals surface area (Å²) in [5, 5.41) is 4.20. The van der Waals surface area contributed by atoms with E-state index >= 15 is 0 Å². The fourth-order valence-electron chi connectivity index (χ4n) is 2.50. The van der Waals surface area contributed by atoms with Crippen LogP contribution in [0.25, 0.3) is 0 Å². The molecular formula is C14H20N6. The van der Waals surface area contributed by atoms with Crippen molar-refractivity contribution in [2.45, 2.75) is 12.5 Å². The van der Waals surface area contributed by atoms with Crippen LogP contribution in [0.4, 0.5) is 5.95 Å². The number of hydrogen-bond acceptors (Lipinski definition) is 5. The molecule has 20 heavy (non-hydrogen) atoms. The van der Waals surface area contributed by atoms with Crippen LogP contribution >= 0.6 is 0 Å². The smallest absolute Gasteiger partial charge is 0.224 e. The molecule has 0 atom stereocenters. The highest BCUT2D eigenvalue weighted by atomic mass is 15.3. The van der Waals surface area contributed by atoms with Crippen molar-refractivity contribution in [3.05, 3.63) is 35.9 Å². The molecule has 6 heteroatoms. The van der Waals surface area contributed by atoms with Crippen molar-refractivity contribution in [1.82, 2.24) is 24.6 Å². The minimum Gasteiger partial charge on any atom is -0.347 e. The topological polar surface area (TPSA) is 50.1 Å². The summed E-state index contributed by atoms with van der Waals surface area (Å²) < 4.78 is 1.85. The Morgan fingerprint density at radius 2 is 2.15 bits per heavy atom. The van der Waals surface area contributed by atoms with Gasteiger partial charge >= 0.3 is 0 Å². The van der Waals surface area contributed by atoms with Crippen molar-refractivity contribution in [3.63, 3.8) is 0 Å². The van der Waals surface area contributed by atoms with Gasteiger partial charge in [0.2, 0.25) is 5.95 Å². The van der Waals surface area contributed by atoms with Crippen LogP contribution in [0.1, 0.15) is 17.2 Å². The SMILES string of the molecule is CN(C)c1nccc(C2CN(Cc3cnn(C)c3)C2)n1. The number of anilines is 1. The second-order valence-electron chi connectivity index (χ2n) is 5.59. The van der Waals surface area contributed by atoms with Crippen LogP contribution in [0.3, 0.4) is 0 Å². The van der Waals surface area contributed by atoms with Crippen molar-refractivity contribution >= 4 is 5.95 Å². The van der Waals surface area contributed by atoms with Crippen LogP contribution in [-0.4, -0.2) is 51.8 Å². The molecule has 2 aromatic rings. The lowest BCUT2D eigenvalue weighted by Gasteiger charge is -2.38. The molecule has 0 aromatic carbocycles. The molecule has 3 rings (SSSR count). The van der Waals surface area contributed by atoms with E-state index in [1.54, 1.807) is 0 Å². The fraction of sp³-hybridized carbons (Fsp3) is 0.500. The Morgan fingerprint density at radius 1 is 1.35 bits per heavy atom. The normalized spacial score (nSPS) is 16.1. The van der Waals surface area contributed by atoms with Crippen LogP contribution in [-0.2, 0) is 13.6 Å². The Kier molecular flexibility index (Phi) is 3.40. The third kappa shape index (κ3) is 2.65. The van der Waals surface area contributed by atoms with Crippen molar-refractivity contribution in [3.8, 4) is 0 Å². The van der Waals surface area contributed by atoms with Crippen LogP contribution in [0, 0.1) is 0 Å². The predicted molar refractivity (Wildman–Crippen MR) is 77.6 cm³/mol. The minimum atomic E-state index is 0.522. The highest BCUT2D eigenvalue weighted by molar-refractivity contribution is 5.29. The van der Waals surface area contributed by atoms with Gasteiger partial charge in [0.05, 0.1) is 11.9 Å². The van der Waals surface area contributed by atoms with Crippen molar-refractivity contribution < 1.29 is 0 Å². The Balaban J connectivity index is 1.58. The van der Waals surface area contributed by atoms with Crippen molar-refractivity contribution in [1.29, 1.82) is 0 Å². The summed E-state index contributed by atoms with van der Waals surface area (Å²) >= 11 is 0. The number of rotatable bonds is 4.